The molecule has 0 aromatic carbocycles. The zero-order valence-corrected chi connectivity index (χ0v) is 9.28. The molecule has 0 aliphatic heterocycles. The van der Waals surface area contributed by atoms with Gasteiger partial charge in [0.25, 0.3) is 0 Å². The number of thiophene rings is 1. The molecule has 2 heterocycles. The number of hydrogen-bond donors (Lipinski definition) is 0. The second-order valence-corrected chi connectivity index (χ2v) is 4.06. The Hall–Kier alpha value is -1.93. The molecule has 0 bridgehead atoms. The quantitative estimate of drug-likeness (QED) is 0.807. The molecule has 0 radical (unpaired) electrons. The van der Waals surface area contributed by atoms with Crippen molar-refractivity contribution in [2.24, 2.45) is 0 Å². The van der Waals surface area contributed by atoms with Gasteiger partial charge in [-0.05, 0) is 11.4 Å². The molecule has 5 heteroatoms. The largest absolute Gasteiger partial charge is 0.476 e. The summed E-state index contributed by atoms with van der Waals surface area (Å²) in [5.41, 5.74) is 0.297. The van der Waals surface area contributed by atoms with Crippen molar-refractivity contribution in [2.45, 2.75) is 6.42 Å². The Kier molecular flexibility index (Phi) is 3.46. The van der Waals surface area contributed by atoms with Crippen LogP contribution >= 0.6 is 11.3 Å². The van der Waals surface area contributed by atoms with Gasteiger partial charge >= 0.3 is 0 Å². The highest BCUT2D eigenvalue weighted by Gasteiger charge is 1.98. The Balaban J connectivity index is 1.83. The first kappa shape index (κ1) is 10.6. The van der Waals surface area contributed by atoms with Crippen LogP contribution in [0.5, 0.6) is 5.88 Å². The van der Waals surface area contributed by atoms with E-state index in [4.69, 9.17) is 10.00 Å². The first-order chi connectivity index (χ1) is 7.88. The molecule has 16 heavy (non-hydrogen) atoms. The number of ether oxygens (including phenoxy) is 1. The van der Waals surface area contributed by atoms with E-state index in [1.165, 1.54) is 17.3 Å². The molecule has 0 aliphatic rings. The van der Waals surface area contributed by atoms with E-state index in [2.05, 4.69) is 16.0 Å². The topological polar surface area (TPSA) is 58.8 Å². The fourth-order valence-corrected chi connectivity index (χ4v) is 1.85. The van der Waals surface area contributed by atoms with E-state index in [-0.39, 0.29) is 0 Å². The predicted octanol–water partition coefficient (Wildman–Crippen LogP) is 2.03. The highest BCUT2D eigenvalue weighted by Crippen LogP contribution is 2.10. The van der Waals surface area contributed by atoms with Gasteiger partial charge in [0.05, 0.1) is 19.0 Å². The van der Waals surface area contributed by atoms with Gasteiger partial charge < -0.3 is 4.74 Å². The van der Waals surface area contributed by atoms with Gasteiger partial charge in [0, 0.05) is 11.3 Å². The molecule has 0 N–H and O–H groups in total. The summed E-state index contributed by atoms with van der Waals surface area (Å²) in [5.74, 6) is 0.454. The Bertz CT molecular complexity index is 473. The summed E-state index contributed by atoms with van der Waals surface area (Å²) in [6.07, 6.45) is 3.73. The molecule has 80 valence electrons. The van der Waals surface area contributed by atoms with Crippen LogP contribution < -0.4 is 4.74 Å². The van der Waals surface area contributed by atoms with Crippen molar-refractivity contribution in [3.63, 3.8) is 0 Å². The lowest BCUT2D eigenvalue weighted by Gasteiger charge is -2.02. The third kappa shape index (κ3) is 2.78. The Labute approximate surface area is 97.2 Å². The van der Waals surface area contributed by atoms with Crippen LogP contribution in [0.15, 0.2) is 29.9 Å². The van der Waals surface area contributed by atoms with Crippen LogP contribution in [-0.4, -0.2) is 16.6 Å². The number of aromatic nitrogens is 2. The fraction of sp³-hybridized carbons (Fsp3) is 0.182. The second-order valence-electron chi connectivity index (χ2n) is 3.03. The van der Waals surface area contributed by atoms with Crippen LogP contribution in [-0.2, 0) is 6.42 Å². The van der Waals surface area contributed by atoms with Crippen molar-refractivity contribution in [3.05, 3.63) is 40.5 Å². The maximum absolute atomic E-state index is 8.54. The number of nitriles is 1. The average Bonchev–Trinajstić information content (AvgIpc) is 2.83. The summed E-state index contributed by atoms with van der Waals surface area (Å²) in [6, 6.07) is 5.99. The highest BCUT2D eigenvalue weighted by molar-refractivity contribution is 7.09. The average molecular weight is 231 g/mol. The lowest BCUT2D eigenvalue weighted by atomic mass is 10.4. The van der Waals surface area contributed by atoms with E-state index in [1.54, 1.807) is 11.3 Å². The molecule has 0 saturated heterocycles. The van der Waals surface area contributed by atoms with Crippen LogP contribution in [0.3, 0.4) is 0 Å². The normalized spacial score (nSPS) is 9.69. The van der Waals surface area contributed by atoms with E-state index in [9.17, 15) is 0 Å². The van der Waals surface area contributed by atoms with Gasteiger partial charge in [-0.25, -0.2) is 9.97 Å². The minimum atomic E-state index is 0.297. The minimum absolute atomic E-state index is 0.297. The minimum Gasteiger partial charge on any atom is -0.476 e. The molecule has 2 aromatic heterocycles. The zero-order chi connectivity index (χ0) is 11.2. The van der Waals surface area contributed by atoms with E-state index < -0.39 is 0 Å². The van der Waals surface area contributed by atoms with E-state index in [0.717, 1.165) is 6.42 Å². The van der Waals surface area contributed by atoms with Gasteiger partial charge in [0.1, 0.15) is 6.07 Å². The maximum Gasteiger partial charge on any atom is 0.232 e. The molecule has 0 aliphatic carbocycles. The molecular weight excluding hydrogens is 222 g/mol. The van der Waals surface area contributed by atoms with Crippen molar-refractivity contribution in [2.75, 3.05) is 6.61 Å². The first-order valence-corrected chi connectivity index (χ1v) is 5.64. The maximum atomic E-state index is 8.54. The number of nitrogens with zero attached hydrogens (tertiary/aromatic N) is 3. The van der Waals surface area contributed by atoms with Gasteiger partial charge in [0.15, 0.2) is 5.69 Å². The number of rotatable bonds is 4. The third-order valence-electron chi connectivity index (χ3n) is 1.92. The van der Waals surface area contributed by atoms with Crippen LogP contribution in [0.1, 0.15) is 10.6 Å². The molecule has 2 rings (SSSR count). The van der Waals surface area contributed by atoms with Gasteiger partial charge in [-0.2, -0.15) is 5.26 Å². The van der Waals surface area contributed by atoms with Gasteiger partial charge in [-0.3, -0.25) is 0 Å². The van der Waals surface area contributed by atoms with Crippen molar-refractivity contribution < 1.29 is 4.74 Å². The second kappa shape index (κ2) is 5.24. The monoisotopic (exact) mass is 231 g/mol. The molecule has 0 unspecified atom stereocenters. The molecule has 2 aromatic rings. The van der Waals surface area contributed by atoms with Gasteiger partial charge in [-0.15, -0.1) is 11.3 Å². The van der Waals surface area contributed by atoms with E-state index >= 15 is 0 Å². The SMILES string of the molecule is N#Cc1cnc(OCCc2cccs2)cn1. The molecule has 0 amide bonds. The summed E-state index contributed by atoms with van der Waals surface area (Å²) >= 11 is 1.71. The lowest BCUT2D eigenvalue weighted by Crippen LogP contribution is -2.02. The van der Waals surface area contributed by atoms with Crippen molar-refractivity contribution in [3.8, 4) is 11.9 Å². The molecule has 0 atom stereocenters. The number of hydrogen-bond acceptors (Lipinski definition) is 5. The summed E-state index contributed by atoms with van der Waals surface area (Å²) in [6.45, 7) is 0.571. The Morgan fingerprint density at radius 3 is 2.94 bits per heavy atom. The van der Waals surface area contributed by atoms with Crippen LogP contribution in [0.2, 0.25) is 0 Å². The van der Waals surface area contributed by atoms with Crippen molar-refractivity contribution in [1.29, 1.82) is 5.26 Å². The van der Waals surface area contributed by atoms with Gasteiger partial charge in [-0.1, -0.05) is 6.07 Å². The molecular formula is C11H9N3OS. The van der Waals surface area contributed by atoms with Crippen LogP contribution in [0.4, 0.5) is 0 Å². The summed E-state index contributed by atoms with van der Waals surface area (Å²) in [4.78, 5) is 9.11. The Morgan fingerprint density at radius 2 is 2.31 bits per heavy atom. The standard InChI is InChI=1S/C11H9N3OS/c12-6-9-7-14-11(8-13-9)15-4-3-10-2-1-5-16-10/h1-2,5,7-8H,3-4H2. The van der Waals surface area contributed by atoms with E-state index in [1.807, 2.05) is 17.5 Å². The summed E-state index contributed by atoms with van der Waals surface area (Å²) < 4.78 is 5.40. The van der Waals surface area contributed by atoms with Crippen LogP contribution in [0.25, 0.3) is 0 Å². The van der Waals surface area contributed by atoms with E-state index in [0.29, 0.717) is 18.2 Å². The summed E-state index contributed by atoms with van der Waals surface area (Å²) in [7, 11) is 0. The van der Waals surface area contributed by atoms with Crippen molar-refractivity contribution >= 4 is 11.3 Å². The Morgan fingerprint density at radius 1 is 1.38 bits per heavy atom. The highest BCUT2D eigenvalue weighted by atomic mass is 32.1. The third-order valence-corrected chi connectivity index (χ3v) is 2.86. The first-order valence-electron chi connectivity index (χ1n) is 4.76. The van der Waals surface area contributed by atoms with Crippen LogP contribution in [0, 0.1) is 11.3 Å². The predicted molar refractivity (Wildman–Crippen MR) is 60.3 cm³/mol. The molecule has 4 nitrogen and oxygen atoms in total. The zero-order valence-electron chi connectivity index (χ0n) is 8.46. The molecule has 0 saturated carbocycles. The molecule has 0 fully saturated rings. The smallest absolute Gasteiger partial charge is 0.232 e. The molecule has 0 spiro atoms. The fourth-order valence-electron chi connectivity index (χ4n) is 1.16. The summed E-state index contributed by atoms with van der Waals surface area (Å²) in [5, 5.41) is 10.6. The van der Waals surface area contributed by atoms with Gasteiger partial charge in [0.2, 0.25) is 5.88 Å². The lowest BCUT2D eigenvalue weighted by molar-refractivity contribution is 0.309. The van der Waals surface area contributed by atoms with Crippen molar-refractivity contribution in [1.82, 2.24) is 9.97 Å².